The van der Waals surface area contributed by atoms with E-state index in [1.165, 1.54) is 0 Å². The maximum absolute atomic E-state index is 11.9. The number of nitrogens with one attached hydrogen (secondary N) is 2. The van der Waals surface area contributed by atoms with Gasteiger partial charge in [-0.1, -0.05) is 0 Å². The molecule has 24 heavy (non-hydrogen) atoms. The Kier molecular flexibility index (Phi) is 11.2. The van der Waals surface area contributed by atoms with Crippen molar-refractivity contribution >= 4 is 51.7 Å². The molecule has 9 heteroatoms. The Balaban J connectivity index is 0.00000529. The van der Waals surface area contributed by atoms with Crippen molar-refractivity contribution in [3.63, 3.8) is 0 Å². The van der Waals surface area contributed by atoms with Gasteiger partial charge in [0.2, 0.25) is 10.0 Å². The minimum Gasteiger partial charge on any atom is -0.357 e. The average Bonchev–Trinajstić information content (AvgIpc) is 2.53. The fourth-order valence-corrected chi connectivity index (χ4v) is 3.63. The molecule has 0 saturated carbocycles. The summed E-state index contributed by atoms with van der Waals surface area (Å²) in [6.45, 7) is 10.8. The Morgan fingerprint density at radius 1 is 1.29 bits per heavy atom. The lowest BCUT2D eigenvalue weighted by Gasteiger charge is -2.32. The molecule has 0 aliphatic carbocycles. The van der Waals surface area contributed by atoms with E-state index in [0.29, 0.717) is 13.1 Å². The first-order valence-corrected chi connectivity index (χ1v) is 11.1. The second-order valence-corrected chi connectivity index (χ2v) is 10.1. The summed E-state index contributed by atoms with van der Waals surface area (Å²) in [5, 5.41) is 6.73. The molecule has 0 unspecified atom stereocenters. The van der Waals surface area contributed by atoms with E-state index in [0.717, 1.165) is 31.9 Å². The molecule has 144 valence electrons. The van der Waals surface area contributed by atoms with Gasteiger partial charge in [-0.05, 0) is 46.8 Å². The van der Waals surface area contributed by atoms with Crippen LogP contribution in [0.5, 0.6) is 0 Å². The highest BCUT2D eigenvalue weighted by molar-refractivity contribution is 14.0. The second kappa shape index (κ2) is 11.1. The molecule has 0 amide bonds. The zero-order valence-electron chi connectivity index (χ0n) is 15.5. The Morgan fingerprint density at radius 3 is 2.33 bits per heavy atom. The van der Waals surface area contributed by atoms with Crippen molar-refractivity contribution in [3.05, 3.63) is 0 Å². The zero-order valence-corrected chi connectivity index (χ0v) is 19.4. The minimum atomic E-state index is -3.06. The quantitative estimate of drug-likeness (QED) is 0.324. The van der Waals surface area contributed by atoms with Gasteiger partial charge in [-0.15, -0.1) is 24.0 Å². The smallest absolute Gasteiger partial charge is 0.213 e. The first-order valence-electron chi connectivity index (χ1n) is 8.32. The van der Waals surface area contributed by atoms with Crippen molar-refractivity contribution in [2.24, 2.45) is 4.99 Å². The Morgan fingerprint density at radius 2 is 1.88 bits per heavy atom. The highest BCUT2D eigenvalue weighted by atomic mass is 127. The van der Waals surface area contributed by atoms with Crippen LogP contribution in [0.3, 0.4) is 0 Å². The molecule has 1 rings (SSSR count). The lowest BCUT2D eigenvalue weighted by Crippen LogP contribution is -2.50. The third-order valence-electron chi connectivity index (χ3n) is 4.07. The summed E-state index contributed by atoms with van der Waals surface area (Å²) in [4.78, 5) is 4.68. The molecule has 0 atom stereocenters. The fourth-order valence-electron chi connectivity index (χ4n) is 2.31. The van der Waals surface area contributed by atoms with Crippen molar-refractivity contribution in [2.75, 3.05) is 38.2 Å². The fraction of sp³-hybridized carbons (Fsp3) is 0.933. The predicted octanol–water partition coefficient (Wildman–Crippen LogP) is 2.12. The number of aliphatic imine (C=N–C) groups is 1. The van der Waals surface area contributed by atoms with E-state index in [1.54, 1.807) is 23.0 Å². The summed E-state index contributed by atoms with van der Waals surface area (Å²) in [5.41, 5.74) is 0. The maximum atomic E-state index is 11.9. The van der Waals surface area contributed by atoms with Crippen LogP contribution < -0.4 is 10.6 Å². The van der Waals surface area contributed by atoms with Crippen LogP contribution >= 0.6 is 35.7 Å². The molecule has 0 spiro atoms. The van der Waals surface area contributed by atoms with Gasteiger partial charge in [-0.25, -0.2) is 12.7 Å². The van der Waals surface area contributed by atoms with E-state index in [1.807, 2.05) is 6.92 Å². The van der Waals surface area contributed by atoms with Crippen molar-refractivity contribution < 1.29 is 8.42 Å². The van der Waals surface area contributed by atoms with Crippen LogP contribution in [-0.2, 0) is 10.0 Å². The highest BCUT2D eigenvalue weighted by Gasteiger charge is 2.27. The summed E-state index contributed by atoms with van der Waals surface area (Å²) < 4.78 is 25.5. The molecule has 0 aromatic carbocycles. The molecule has 2 N–H and O–H groups in total. The van der Waals surface area contributed by atoms with Crippen molar-refractivity contribution in [3.8, 4) is 0 Å². The van der Waals surface area contributed by atoms with Gasteiger partial charge in [0, 0.05) is 30.4 Å². The molecule has 1 aliphatic rings. The van der Waals surface area contributed by atoms with E-state index >= 15 is 0 Å². The molecule has 0 bridgehead atoms. The van der Waals surface area contributed by atoms with Gasteiger partial charge < -0.3 is 10.6 Å². The van der Waals surface area contributed by atoms with Crippen molar-refractivity contribution in [1.82, 2.24) is 14.9 Å². The normalized spacial score (nSPS) is 18.1. The number of thioether (sulfide) groups is 1. The maximum Gasteiger partial charge on any atom is 0.213 e. The van der Waals surface area contributed by atoms with Crippen LogP contribution in [0, 0.1) is 0 Å². The number of rotatable bonds is 7. The number of nitrogens with zero attached hydrogens (tertiary/aromatic N) is 2. The summed E-state index contributed by atoms with van der Waals surface area (Å²) in [7, 11) is -3.06. The van der Waals surface area contributed by atoms with E-state index < -0.39 is 10.0 Å². The van der Waals surface area contributed by atoms with Gasteiger partial charge in [0.25, 0.3) is 0 Å². The SMILES string of the molecule is CCNC(=NCC(C)(C)SC)NC1CCN(S(=O)(=O)CC)CC1.I. The van der Waals surface area contributed by atoms with Crippen LogP contribution in [0.1, 0.15) is 40.5 Å². The average molecular weight is 492 g/mol. The van der Waals surface area contributed by atoms with Crippen LogP contribution in [0.4, 0.5) is 0 Å². The topological polar surface area (TPSA) is 73.8 Å². The standard InChI is InChI=1S/C15H32N4O2S2.HI/c1-6-16-14(17-12-15(3,4)22-5)18-13-8-10-19(11-9-13)23(20,21)7-2;/h13H,6-12H2,1-5H3,(H2,16,17,18);1H. The predicted molar refractivity (Wildman–Crippen MR) is 116 cm³/mol. The number of sulfonamides is 1. The zero-order chi connectivity index (χ0) is 17.5. The molecule has 0 radical (unpaired) electrons. The number of hydrogen-bond donors (Lipinski definition) is 2. The monoisotopic (exact) mass is 492 g/mol. The van der Waals surface area contributed by atoms with Crippen LogP contribution in [0.2, 0.25) is 0 Å². The first-order chi connectivity index (χ1) is 10.7. The summed E-state index contributed by atoms with van der Waals surface area (Å²) in [5.74, 6) is 1.00. The van der Waals surface area contributed by atoms with Gasteiger partial charge >= 0.3 is 0 Å². The number of piperidine rings is 1. The number of halogens is 1. The molecular weight excluding hydrogens is 459 g/mol. The van der Waals surface area contributed by atoms with Gasteiger partial charge in [0.1, 0.15) is 0 Å². The Hall–Kier alpha value is 0.260. The van der Waals surface area contributed by atoms with Crippen LogP contribution in [0.25, 0.3) is 0 Å². The molecule has 1 saturated heterocycles. The van der Waals surface area contributed by atoms with Crippen LogP contribution in [-0.4, -0.2) is 67.7 Å². The van der Waals surface area contributed by atoms with Gasteiger partial charge in [-0.2, -0.15) is 11.8 Å². The molecule has 6 nitrogen and oxygen atoms in total. The van der Waals surface area contributed by atoms with E-state index in [4.69, 9.17) is 0 Å². The first kappa shape index (κ1) is 24.3. The largest absolute Gasteiger partial charge is 0.357 e. The summed E-state index contributed by atoms with van der Waals surface area (Å²) in [6.07, 6.45) is 3.73. The summed E-state index contributed by atoms with van der Waals surface area (Å²) >= 11 is 1.80. The molecule has 1 heterocycles. The van der Waals surface area contributed by atoms with Gasteiger partial charge in [0.05, 0.1) is 12.3 Å². The molecule has 1 fully saturated rings. The molecular formula is C15H33IN4O2S2. The lowest BCUT2D eigenvalue weighted by molar-refractivity contribution is 0.306. The highest BCUT2D eigenvalue weighted by Crippen LogP contribution is 2.21. The Labute approximate surface area is 169 Å². The molecule has 0 aromatic heterocycles. The van der Waals surface area contributed by atoms with Crippen molar-refractivity contribution in [1.29, 1.82) is 0 Å². The lowest BCUT2D eigenvalue weighted by atomic mass is 10.1. The molecule has 1 aliphatic heterocycles. The number of guanidine groups is 1. The third kappa shape index (κ3) is 8.09. The number of hydrogen-bond acceptors (Lipinski definition) is 4. The summed E-state index contributed by atoms with van der Waals surface area (Å²) in [6, 6.07) is 0.272. The molecule has 0 aromatic rings. The third-order valence-corrected chi connectivity index (χ3v) is 7.18. The van der Waals surface area contributed by atoms with Gasteiger partial charge in [-0.3, -0.25) is 4.99 Å². The Bertz CT molecular complexity index is 490. The van der Waals surface area contributed by atoms with E-state index in [9.17, 15) is 8.42 Å². The van der Waals surface area contributed by atoms with E-state index in [-0.39, 0.29) is 40.5 Å². The van der Waals surface area contributed by atoms with Gasteiger partial charge in [0.15, 0.2) is 5.96 Å². The van der Waals surface area contributed by atoms with Crippen molar-refractivity contribution in [2.45, 2.75) is 51.3 Å². The minimum absolute atomic E-state index is 0. The van der Waals surface area contributed by atoms with Crippen LogP contribution in [0.15, 0.2) is 4.99 Å². The second-order valence-electron chi connectivity index (χ2n) is 6.38. The van der Waals surface area contributed by atoms with E-state index in [2.05, 4.69) is 35.7 Å².